The van der Waals surface area contributed by atoms with Crippen molar-refractivity contribution in [3.05, 3.63) is 35.5 Å². The zero-order valence-electron chi connectivity index (χ0n) is 35.6. The smallest absolute Gasteiger partial charge is 0.317 e. The Balaban J connectivity index is 1.10. The molecule has 4 saturated carbocycles. The third-order valence-corrected chi connectivity index (χ3v) is 19.7. The highest BCUT2D eigenvalue weighted by Crippen LogP contribution is 2.76. The van der Waals surface area contributed by atoms with Crippen molar-refractivity contribution in [1.29, 1.82) is 0 Å². The molecule has 0 unspecified atom stereocenters. The second kappa shape index (κ2) is 14.9. The summed E-state index contributed by atoms with van der Waals surface area (Å²) in [6.07, 6.45) is 16.8. The van der Waals surface area contributed by atoms with Crippen molar-refractivity contribution < 1.29 is 31.9 Å². The summed E-state index contributed by atoms with van der Waals surface area (Å²) in [6, 6.07) is 0. The third kappa shape index (κ3) is 6.79. The second-order valence-corrected chi connectivity index (χ2v) is 23.1. The number of hydrogen-bond acceptors (Lipinski definition) is 8. The van der Waals surface area contributed by atoms with Crippen LogP contribution < -0.4 is 5.32 Å². The van der Waals surface area contributed by atoms with Crippen molar-refractivity contribution in [2.75, 3.05) is 51.2 Å². The molecule has 10 atom stereocenters. The molecule has 0 aromatic heterocycles. The van der Waals surface area contributed by atoms with E-state index in [0.29, 0.717) is 61.9 Å². The van der Waals surface area contributed by atoms with Crippen LogP contribution in [-0.4, -0.2) is 81.9 Å². The molecule has 0 amide bonds. The highest BCUT2D eigenvalue weighted by Gasteiger charge is 2.70. The maximum Gasteiger partial charge on any atom is 0.317 e. The molecular formula is C46H71FN2O6S. The number of ether oxygens (including phenoxy) is 2. The number of nitrogens with one attached hydrogen (secondary N) is 1. The Morgan fingerprint density at radius 3 is 2.27 bits per heavy atom. The lowest BCUT2D eigenvalue weighted by Crippen LogP contribution is -2.68. The lowest BCUT2D eigenvalue weighted by atomic mass is 9.33. The highest BCUT2D eigenvalue weighted by atomic mass is 32.2. The number of esters is 2. The molecular weight excluding hydrogens is 728 g/mol. The fourth-order valence-electron chi connectivity index (χ4n) is 14.9. The Labute approximate surface area is 337 Å². The lowest BCUT2D eigenvalue weighted by molar-refractivity contribution is -0.221. The minimum atomic E-state index is -2.88. The Morgan fingerprint density at radius 1 is 0.893 bits per heavy atom. The molecule has 5 fully saturated rings. The van der Waals surface area contributed by atoms with Crippen LogP contribution in [0.1, 0.15) is 126 Å². The molecule has 0 aromatic carbocycles. The van der Waals surface area contributed by atoms with Crippen LogP contribution in [0.15, 0.2) is 35.5 Å². The number of sulfone groups is 1. The molecule has 1 heterocycles. The molecule has 7 rings (SSSR count). The van der Waals surface area contributed by atoms with Gasteiger partial charge in [0.1, 0.15) is 12.1 Å². The predicted molar refractivity (Wildman–Crippen MR) is 219 cm³/mol. The first-order valence-corrected chi connectivity index (χ1v) is 23.7. The van der Waals surface area contributed by atoms with Crippen LogP contribution in [0.3, 0.4) is 0 Å². The molecule has 10 heteroatoms. The first-order chi connectivity index (χ1) is 26.3. The number of fused-ring (bicyclic) bond motifs is 7. The van der Waals surface area contributed by atoms with Gasteiger partial charge in [-0.15, -0.1) is 0 Å². The van der Waals surface area contributed by atoms with Gasteiger partial charge in [0.05, 0.1) is 11.5 Å². The van der Waals surface area contributed by atoms with Crippen molar-refractivity contribution in [2.45, 2.75) is 131 Å². The van der Waals surface area contributed by atoms with Crippen LogP contribution in [-0.2, 0) is 28.9 Å². The Hall–Kier alpha value is -2.04. The Bertz CT molecular complexity index is 1740. The summed E-state index contributed by atoms with van der Waals surface area (Å²) in [5.41, 5.74) is 3.47. The molecule has 7 aliphatic rings. The van der Waals surface area contributed by atoms with E-state index in [4.69, 9.17) is 9.47 Å². The average molecular weight is 799 g/mol. The molecule has 0 aromatic rings. The minimum absolute atomic E-state index is 0.0514. The molecule has 1 N–H and O–H groups in total. The van der Waals surface area contributed by atoms with Crippen LogP contribution in [0.2, 0.25) is 0 Å². The topological polar surface area (TPSA) is 102 Å². The SMILES string of the molecule is C=C(C)[C@@H]1CC[C@]2(NCCN3CCS(=O)(=O)CC3)CC[C@]3(C)[C@H](CC[C@@H]4[C@@]5(C)CC=C(C6=CC[C@@](CF)(C(=O)OCOC(C)=O)CC6)C(C)(C)[C@@H]5CC[C@]43C)[C@@H]12. The van der Waals surface area contributed by atoms with Gasteiger partial charge < -0.3 is 19.7 Å². The van der Waals surface area contributed by atoms with Crippen LogP contribution in [0.5, 0.6) is 0 Å². The standard InChI is InChI=1S/C46H71FN2O6S/c1-31(2)34-13-20-46(48-23-24-49-25-27-56(52,53)28-26-49)22-21-43(7)36(39(34)46)9-10-38-42(6)16-14-35(41(4,5)37(42)15-17-44(38,43)8)33-11-18-45(29-47,19-12-33)40(51)55-30-54-32(3)50/h11,14,34,36-39,48H,1,9-10,12-13,15-30H2,2-8H3/t34-,36+,37-,38+,39+,42-,43+,44+,45+,46-/m0/s1. The maximum atomic E-state index is 14.5. The Kier molecular flexibility index (Phi) is 11.2. The predicted octanol–water partition coefficient (Wildman–Crippen LogP) is 8.38. The van der Waals surface area contributed by atoms with Gasteiger partial charge in [0.2, 0.25) is 6.79 Å². The van der Waals surface area contributed by atoms with Gasteiger partial charge in [-0.25, -0.2) is 12.8 Å². The van der Waals surface area contributed by atoms with E-state index in [2.05, 4.69) is 70.5 Å². The number of hydrogen-bond donors (Lipinski definition) is 1. The first kappa shape index (κ1) is 42.1. The van der Waals surface area contributed by atoms with E-state index in [1.807, 2.05) is 0 Å². The summed E-state index contributed by atoms with van der Waals surface area (Å²) in [4.78, 5) is 26.5. The summed E-state index contributed by atoms with van der Waals surface area (Å²) in [6.45, 7) is 22.9. The molecule has 8 nitrogen and oxygen atoms in total. The first-order valence-electron chi connectivity index (χ1n) is 21.9. The molecule has 314 valence electrons. The van der Waals surface area contributed by atoms with Gasteiger partial charge >= 0.3 is 11.9 Å². The quantitative estimate of drug-likeness (QED) is 0.134. The summed E-state index contributed by atoms with van der Waals surface area (Å²) < 4.78 is 48.7. The molecule has 1 saturated heterocycles. The van der Waals surface area contributed by atoms with Crippen molar-refractivity contribution in [3.8, 4) is 0 Å². The number of rotatable bonds is 10. The molecule has 0 bridgehead atoms. The Morgan fingerprint density at radius 2 is 1.62 bits per heavy atom. The fourth-order valence-corrected chi connectivity index (χ4v) is 16.1. The van der Waals surface area contributed by atoms with E-state index in [-0.39, 0.29) is 38.7 Å². The van der Waals surface area contributed by atoms with Crippen molar-refractivity contribution >= 4 is 21.8 Å². The zero-order chi connectivity index (χ0) is 40.5. The van der Waals surface area contributed by atoms with E-state index >= 15 is 0 Å². The summed E-state index contributed by atoms with van der Waals surface area (Å²) >= 11 is 0. The fraction of sp³-hybridized carbons (Fsp3) is 0.826. The normalized spacial score (nSPS) is 42.8. The van der Waals surface area contributed by atoms with Crippen LogP contribution in [0, 0.1) is 56.7 Å². The molecule has 0 radical (unpaired) electrons. The van der Waals surface area contributed by atoms with Crippen molar-refractivity contribution in [1.82, 2.24) is 10.2 Å². The van der Waals surface area contributed by atoms with Gasteiger partial charge in [0, 0.05) is 38.6 Å². The van der Waals surface area contributed by atoms with Crippen LogP contribution in [0.4, 0.5) is 4.39 Å². The van der Waals surface area contributed by atoms with Gasteiger partial charge in [-0.1, -0.05) is 58.9 Å². The summed E-state index contributed by atoms with van der Waals surface area (Å²) in [5.74, 6) is 2.30. The monoisotopic (exact) mass is 799 g/mol. The number of carbonyl (C=O) groups excluding carboxylic acids is 2. The van der Waals surface area contributed by atoms with E-state index in [0.717, 1.165) is 19.5 Å². The number of halogens is 1. The highest BCUT2D eigenvalue weighted by molar-refractivity contribution is 7.91. The van der Waals surface area contributed by atoms with E-state index in [1.54, 1.807) is 0 Å². The van der Waals surface area contributed by atoms with Gasteiger partial charge in [0.15, 0.2) is 9.84 Å². The summed E-state index contributed by atoms with van der Waals surface area (Å²) in [5, 5.41) is 4.20. The van der Waals surface area contributed by atoms with E-state index in [1.165, 1.54) is 75.0 Å². The molecule has 56 heavy (non-hydrogen) atoms. The van der Waals surface area contributed by atoms with Gasteiger partial charge in [-0.05, 0) is 146 Å². The zero-order valence-corrected chi connectivity index (χ0v) is 36.4. The van der Waals surface area contributed by atoms with Crippen molar-refractivity contribution in [2.24, 2.45) is 56.7 Å². The number of alkyl halides is 1. The molecule has 6 aliphatic carbocycles. The molecule has 1 aliphatic heterocycles. The van der Waals surface area contributed by atoms with E-state index < -0.39 is 40.7 Å². The van der Waals surface area contributed by atoms with Gasteiger partial charge in [-0.3, -0.25) is 9.59 Å². The lowest BCUT2D eigenvalue weighted by Gasteiger charge is -2.72. The number of carbonyl (C=O) groups is 2. The largest absolute Gasteiger partial charge is 0.428 e. The third-order valence-electron chi connectivity index (χ3n) is 18.1. The van der Waals surface area contributed by atoms with Crippen molar-refractivity contribution in [3.63, 3.8) is 0 Å². The van der Waals surface area contributed by atoms with Gasteiger partial charge in [-0.2, -0.15) is 0 Å². The maximum absolute atomic E-state index is 14.5. The van der Waals surface area contributed by atoms with Crippen LogP contribution >= 0.6 is 0 Å². The van der Waals surface area contributed by atoms with Crippen LogP contribution in [0.25, 0.3) is 0 Å². The summed E-state index contributed by atoms with van der Waals surface area (Å²) in [7, 11) is -2.88. The van der Waals surface area contributed by atoms with Gasteiger partial charge in [0.25, 0.3) is 0 Å². The number of nitrogens with zero attached hydrogens (tertiary/aromatic N) is 1. The van der Waals surface area contributed by atoms with E-state index in [9.17, 15) is 22.4 Å². The number of allylic oxidation sites excluding steroid dienone is 5. The average Bonchev–Trinajstić information content (AvgIpc) is 3.52. The minimum Gasteiger partial charge on any atom is -0.428 e. The molecule has 0 spiro atoms. The second-order valence-electron chi connectivity index (χ2n) is 20.8.